The van der Waals surface area contributed by atoms with Crippen LogP contribution >= 0.6 is 39.1 Å². The van der Waals surface area contributed by atoms with E-state index < -0.39 is 5.91 Å². The number of carbonyl (C=O) groups excluding carboxylic acids is 1. The number of nitrogens with zero attached hydrogens (tertiary/aromatic N) is 1. The average molecular weight is 502 g/mol. The normalized spacial score (nSPS) is 10.9. The number of amides is 1. The summed E-state index contributed by atoms with van der Waals surface area (Å²) in [6.07, 6.45) is 1.46. The smallest absolute Gasteiger partial charge is 0.266 e. The third-order valence-corrected chi connectivity index (χ3v) is 5.36. The van der Waals surface area contributed by atoms with Gasteiger partial charge >= 0.3 is 0 Å². The van der Waals surface area contributed by atoms with Crippen molar-refractivity contribution in [3.63, 3.8) is 0 Å². The van der Waals surface area contributed by atoms with Gasteiger partial charge in [0, 0.05) is 20.7 Å². The largest absolute Gasteiger partial charge is 0.487 e. The van der Waals surface area contributed by atoms with E-state index in [1.807, 2.05) is 30.3 Å². The van der Waals surface area contributed by atoms with Crippen LogP contribution in [0.4, 0.5) is 5.69 Å². The molecule has 0 heterocycles. The van der Waals surface area contributed by atoms with Gasteiger partial charge < -0.3 is 10.1 Å². The quantitative estimate of drug-likeness (QED) is 0.295. The van der Waals surface area contributed by atoms with Gasteiger partial charge in [-0.25, -0.2) is 0 Å². The monoisotopic (exact) mass is 500 g/mol. The summed E-state index contributed by atoms with van der Waals surface area (Å²) in [7, 11) is 0. The summed E-state index contributed by atoms with van der Waals surface area (Å²) >= 11 is 15.7. The highest BCUT2D eigenvalue weighted by molar-refractivity contribution is 9.10. The van der Waals surface area contributed by atoms with Gasteiger partial charge in [-0.2, -0.15) is 5.26 Å². The van der Waals surface area contributed by atoms with Crippen LogP contribution in [0, 0.1) is 11.3 Å². The van der Waals surface area contributed by atoms with Gasteiger partial charge in [0.05, 0.1) is 5.02 Å². The molecule has 3 aromatic carbocycles. The molecule has 0 saturated carbocycles. The van der Waals surface area contributed by atoms with E-state index in [1.165, 1.54) is 6.08 Å². The van der Waals surface area contributed by atoms with Crippen LogP contribution in [-0.4, -0.2) is 5.91 Å². The zero-order chi connectivity index (χ0) is 21.5. The third-order valence-electron chi connectivity index (χ3n) is 4.06. The van der Waals surface area contributed by atoms with Crippen LogP contribution < -0.4 is 10.1 Å². The maximum Gasteiger partial charge on any atom is 0.266 e. The minimum absolute atomic E-state index is 0.0621. The Hall–Kier alpha value is -2.78. The molecule has 30 heavy (non-hydrogen) atoms. The Kier molecular flexibility index (Phi) is 7.53. The van der Waals surface area contributed by atoms with E-state index in [2.05, 4.69) is 21.2 Å². The molecule has 0 unspecified atom stereocenters. The van der Waals surface area contributed by atoms with Crippen molar-refractivity contribution in [2.75, 3.05) is 5.32 Å². The topological polar surface area (TPSA) is 62.1 Å². The highest BCUT2D eigenvalue weighted by Crippen LogP contribution is 2.28. The van der Waals surface area contributed by atoms with Crippen LogP contribution in [0.3, 0.4) is 0 Å². The number of nitrogens with one attached hydrogen (secondary N) is 1. The van der Waals surface area contributed by atoms with E-state index in [0.717, 1.165) is 10.0 Å². The van der Waals surface area contributed by atoms with Crippen LogP contribution in [0.25, 0.3) is 6.08 Å². The number of hydrogen-bond acceptors (Lipinski definition) is 3. The Labute approximate surface area is 192 Å². The SMILES string of the molecule is N#C/C(=C\c1ccc(OCc2ccccc2Br)c(Cl)c1)C(=O)Nc1cccc(Cl)c1. The second-order valence-electron chi connectivity index (χ2n) is 6.20. The highest BCUT2D eigenvalue weighted by Gasteiger charge is 2.11. The van der Waals surface area contributed by atoms with Gasteiger partial charge in [0.25, 0.3) is 5.91 Å². The van der Waals surface area contributed by atoms with E-state index in [-0.39, 0.29) is 5.57 Å². The maximum absolute atomic E-state index is 12.4. The molecule has 0 fully saturated rings. The summed E-state index contributed by atoms with van der Waals surface area (Å²) in [4.78, 5) is 12.4. The van der Waals surface area contributed by atoms with E-state index in [4.69, 9.17) is 27.9 Å². The summed E-state index contributed by atoms with van der Waals surface area (Å²) < 4.78 is 6.74. The summed E-state index contributed by atoms with van der Waals surface area (Å²) in [6, 6.07) is 21.4. The molecule has 7 heteroatoms. The van der Waals surface area contributed by atoms with Crippen LogP contribution in [0.2, 0.25) is 10.0 Å². The van der Waals surface area contributed by atoms with E-state index in [1.54, 1.807) is 42.5 Å². The second kappa shape index (κ2) is 10.3. The van der Waals surface area contributed by atoms with Crippen molar-refractivity contribution < 1.29 is 9.53 Å². The summed E-state index contributed by atoms with van der Waals surface area (Å²) in [5.74, 6) is -0.0309. The van der Waals surface area contributed by atoms with E-state index in [9.17, 15) is 10.1 Å². The second-order valence-corrected chi connectivity index (χ2v) is 7.90. The zero-order valence-electron chi connectivity index (χ0n) is 15.5. The van der Waals surface area contributed by atoms with Gasteiger partial charge in [-0.1, -0.05) is 69.5 Å². The molecule has 0 saturated heterocycles. The first-order chi connectivity index (χ1) is 14.5. The lowest BCUT2D eigenvalue weighted by Crippen LogP contribution is -2.13. The molecule has 0 bridgehead atoms. The molecule has 1 amide bonds. The fraction of sp³-hybridized carbons (Fsp3) is 0.0435. The predicted molar refractivity (Wildman–Crippen MR) is 124 cm³/mol. The molecule has 150 valence electrons. The molecule has 4 nitrogen and oxygen atoms in total. The number of halogens is 3. The number of ether oxygens (including phenoxy) is 1. The van der Waals surface area contributed by atoms with Crippen molar-refractivity contribution in [2.24, 2.45) is 0 Å². The minimum Gasteiger partial charge on any atom is -0.487 e. The van der Waals surface area contributed by atoms with Crippen LogP contribution in [0.15, 0.2) is 76.8 Å². The molecule has 0 radical (unpaired) electrons. The lowest BCUT2D eigenvalue weighted by Gasteiger charge is -2.10. The van der Waals surface area contributed by atoms with E-state index >= 15 is 0 Å². The molecular formula is C23H15BrCl2N2O2. The lowest BCUT2D eigenvalue weighted by atomic mass is 10.1. The van der Waals surface area contributed by atoms with Crippen molar-refractivity contribution in [2.45, 2.75) is 6.61 Å². The first-order valence-electron chi connectivity index (χ1n) is 8.81. The maximum atomic E-state index is 12.4. The standard InChI is InChI=1S/C23H15BrCl2N2O2/c24-20-7-2-1-4-16(20)14-30-22-9-8-15(11-21(22)26)10-17(13-27)23(29)28-19-6-3-5-18(25)12-19/h1-12H,14H2,(H,28,29)/b17-10+. The Balaban J connectivity index is 1.72. The highest BCUT2D eigenvalue weighted by atomic mass is 79.9. The fourth-order valence-corrected chi connectivity index (χ4v) is 3.41. The lowest BCUT2D eigenvalue weighted by molar-refractivity contribution is -0.112. The zero-order valence-corrected chi connectivity index (χ0v) is 18.6. The molecule has 0 spiro atoms. The summed E-state index contributed by atoms with van der Waals surface area (Å²) in [5, 5.41) is 12.9. The molecule has 0 aliphatic rings. The van der Waals surface area contributed by atoms with Gasteiger partial charge in [-0.15, -0.1) is 0 Å². The minimum atomic E-state index is -0.537. The number of rotatable bonds is 6. The van der Waals surface area contributed by atoms with Crippen molar-refractivity contribution in [3.05, 3.63) is 97.9 Å². The Morgan fingerprint density at radius 2 is 1.90 bits per heavy atom. The van der Waals surface area contributed by atoms with Gasteiger partial charge in [0.2, 0.25) is 0 Å². The summed E-state index contributed by atoms with van der Waals surface area (Å²) in [5.41, 5.74) is 2.03. The van der Waals surface area contributed by atoms with Crippen LogP contribution in [0.5, 0.6) is 5.75 Å². The van der Waals surface area contributed by atoms with Gasteiger partial charge in [0.15, 0.2) is 0 Å². The molecule has 0 aliphatic carbocycles. The van der Waals surface area contributed by atoms with Crippen LogP contribution in [0.1, 0.15) is 11.1 Å². The number of benzene rings is 3. The van der Waals surface area contributed by atoms with Crippen molar-refractivity contribution in [1.82, 2.24) is 0 Å². The van der Waals surface area contributed by atoms with Gasteiger partial charge in [0.1, 0.15) is 24.0 Å². The molecule has 0 aromatic heterocycles. The van der Waals surface area contributed by atoms with Gasteiger partial charge in [-0.3, -0.25) is 4.79 Å². The van der Waals surface area contributed by atoms with Gasteiger partial charge in [-0.05, 0) is 48.0 Å². The number of anilines is 1. The summed E-state index contributed by atoms with van der Waals surface area (Å²) in [6.45, 7) is 0.349. The van der Waals surface area contributed by atoms with Crippen molar-refractivity contribution in [3.8, 4) is 11.8 Å². The molecular weight excluding hydrogens is 487 g/mol. The molecule has 0 aliphatic heterocycles. The molecule has 0 atom stereocenters. The predicted octanol–water partition coefficient (Wildman–Crippen LogP) is 6.88. The van der Waals surface area contributed by atoms with Crippen molar-refractivity contribution in [1.29, 1.82) is 5.26 Å². The molecule has 3 aromatic rings. The fourth-order valence-electron chi connectivity index (χ4n) is 2.57. The molecule has 1 N–H and O–H groups in total. The number of hydrogen-bond donors (Lipinski definition) is 1. The first kappa shape index (κ1) is 21.9. The Morgan fingerprint density at radius 1 is 1.10 bits per heavy atom. The third kappa shape index (κ3) is 5.87. The number of carbonyl (C=O) groups is 1. The first-order valence-corrected chi connectivity index (χ1v) is 10.4. The van der Waals surface area contributed by atoms with E-state index in [0.29, 0.717) is 33.7 Å². The van der Waals surface area contributed by atoms with Crippen LogP contribution in [-0.2, 0) is 11.4 Å². The Bertz CT molecular complexity index is 1160. The number of nitriles is 1. The average Bonchev–Trinajstić information content (AvgIpc) is 2.72. The molecule has 3 rings (SSSR count). The van der Waals surface area contributed by atoms with Crippen molar-refractivity contribution >= 4 is 56.8 Å². The Morgan fingerprint density at radius 3 is 2.60 bits per heavy atom.